The van der Waals surface area contributed by atoms with E-state index in [1.807, 2.05) is 17.6 Å². The molecule has 0 saturated carbocycles. The predicted octanol–water partition coefficient (Wildman–Crippen LogP) is 9.60. The monoisotopic (exact) mass is 726 g/mol. The number of ether oxygens (including phenoxy) is 3. The van der Waals surface area contributed by atoms with Crippen LogP contribution in [0.15, 0.2) is 32.8 Å². The fourth-order valence-corrected chi connectivity index (χ4v) is 5.69. The largest absolute Gasteiger partial charge is 0.471 e. The van der Waals surface area contributed by atoms with Crippen LogP contribution in [0.2, 0.25) is 0 Å². The summed E-state index contributed by atoms with van der Waals surface area (Å²) in [6, 6.07) is 3.49. The molecule has 1 N–H and O–H groups in total. The lowest BCUT2D eigenvalue weighted by Gasteiger charge is -2.17. The van der Waals surface area contributed by atoms with Crippen LogP contribution >= 0.6 is 28.3 Å². The molecule has 0 aliphatic heterocycles. The van der Waals surface area contributed by atoms with Gasteiger partial charge >= 0.3 is 6.09 Å². The van der Waals surface area contributed by atoms with E-state index >= 15 is 0 Å². The lowest BCUT2D eigenvalue weighted by Crippen LogP contribution is -2.34. The first-order valence-electron chi connectivity index (χ1n) is 17.1. The molecule has 1 atom stereocenters. The van der Waals surface area contributed by atoms with E-state index in [2.05, 4.69) is 27.5 Å². The van der Waals surface area contributed by atoms with Gasteiger partial charge < -0.3 is 28.6 Å². The summed E-state index contributed by atoms with van der Waals surface area (Å²) in [5, 5.41) is 13.9. The summed E-state index contributed by atoms with van der Waals surface area (Å²) in [5.74, 6) is 2.10. The van der Waals surface area contributed by atoms with Crippen molar-refractivity contribution in [2.75, 3.05) is 19.8 Å². The van der Waals surface area contributed by atoms with Crippen LogP contribution in [-0.2, 0) is 17.6 Å². The number of nitrogens with zero attached hydrogens (tertiary/aromatic N) is 3. The normalized spacial score (nSPS) is 11.6. The van der Waals surface area contributed by atoms with E-state index in [0.29, 0.717) is 24.1 Å². The SMILES string of the molecule is Br.CCCCCCCCCCCCCCCc1cc(OCC(COC(=O)NCCCCCc2nccs2)Oc2cc(C)on2)no1. The molecule has 3 heterocycles. The topological polar surface area (TPSA) is 122 Å². The van der Waals surface area contributed by atoms with Gasteiger partial charge in [0.1, 0.15) is 24.7 Å². The molecule has 1 unspecified atom stereocenters. The quantitative estimate of drug-likeness (QED) is 0.0765. The van der Waals surface area contributed by atoms with E-state index < -0.39 is 12.2 Å². The molecule has 0 aliphatic rings. The van der Waals surface area contributed by atoms with Gasteiger partial charge in [0.2, 0.25) is 0 Å². The van der Waals surface area contributed by atoms with Crippen LogP contribution in [0.25, 0.3) is 0 Å². The van der Waals surface area contributed by atoms with Crippen LogP contribution in [0.4, 0.5) is 4.79 Å². The van der Waals surface area contributed by atoms with Crippen LogP contribution in [0.5, 0.6) is 11.8 Å². The predicted molar refractivity (Wildman–Crippen MR) is 186 cm³/mol. The molecule has 0 fully saturated rings. The molecule has 0 bridgehead atoms. The number of aryl methyl sites for hydroxylation is 3. The number of thiazole rings is 1. The van der Waals surface area contributed by atoms with Crippen molar-refractivity contribution in [3.8, 4) is 11.8 Å². The number of amides is 1. The number of carbonyl (C=O) groups excluding carboxylic acids is 1. The first-order chi connectivity index (χ1) is 22.1. The zero-order valence-electron chi connectivity index (χ0n) is 27.8. The summed E-state index contributed by atoms with van der Waals surface area (Å²) in [7, 11) is 0. The maximum absolute atomic E-state index is 12.3. The van der Waals surface area contributed by atoms with Gasteiger partial charge in [-0.1, -0.05) is 90.4 Å². The van der Waals surface area contributed by atoms with E-state index in [1.165, 1.54) is 77.0 Å². The molecule has 0 aromatic carbocycles. The molecule has 0 radical (unpaired) electrons. The molecule has 1 amide bonds. The average molecular weight is 728 g/mol. The van der Waals surface area contributed by atoms with E-state index in [4.69, 9.17) is 23.3 Å². The van der Waals surface area contributed by atoms with E-state index in [9.17, 15) is 4.79 Å². The van der Waals surface area contributed by atoms with Crippen LogP contribution < -0.4 is 14.8 Å². The van der Waals surface area contributed by atoms with Crippen molar-refractivity contribution in [2.45, 2.75) is 136 Å². The first kappa shape index (κ1) is 39.6. The minimum atomic E-state index is -0.611. The van der Waals surface area contributed by atoms with Gasteiger partial charge in [0.05, 0.1) is 5.01 Å². The summed E-state index contributed by atoms with van der Waals surface area (Å²) in [5.41, 5.74) is 0. The lowest BCUT2D eigenvalue weighted by atomic mass is 10.0. The van der Waals surface area contributed by atoms with Gasteiger partial charge in [-0.2, -0.15) is 0 Å². The van der Waals surface area contributed by atoms with Gasteiger partial charge in [-0.05, 0) is 42.9 Å². The van der Waals surface area contributed by atoms with Crippen molar-refractivity contribution < 1.29 is 28.1 Å². The second-order valence-corrected chi connectivity index (χ2v) is 12.7. The summed E-state index contributed by atoms with van der Waals surface area (Å²) in [6.07, 6.45) is 22.6. The Kier molecular flexibility index (Phi) is 21.9. The number of unbranched alkanes of at least 4 members (excludes halogenated alkanes) is 14. The molecular formula is C34H55BrN4O6S. The van der Waals surface area contributed by atoms with Crippen molar-refractivity contribution in [1.29, 1.82) is 0 Å². The second-order valence-electron chi connectivity index (χ2n) is 11.7. The van der Waals surface area contributed by atoms with Gasteiger partial charge in [0.25, 0.3) is 11.8 Å². The molecule has 0 saturated heterocycles. The number of alkyl carbamates (subject to hydrolysis) is 1. The van der Waals surface area contributed by atoms with E-state index in [0.717, 1.165) is 49.3 Å². The second kappa shape index (κ2) is 25.5. The Morgan fingerprint density at radius 3 is 2.13 bits per heavy atom. The maximum atomic E-state index is 12.3. The molecule has 12 heteroatoms. The highest BCUT2D eigenvalue weighted by molar-refractivity contribution is 8.93. The highest BCUT2D eigenvalue weighted by Crippen LogP contribution is 2.18. The Labute approximate surface area is 289 Å². The van der Waals surface area contributed by atoms with Crippen LogP contribution in [0.3, 0.4) is 0 Å². The molecule has 260 valence electrons. The molecular weight excluding hydrogens is 672 g/mol. The average Bonchev–Trinajstić information content (AvgIpc) is 3.82. The standard InChI is InChI=1S/C34H54N4O6S.BrH/c1-3-4-5-6-7-8-9-10-11-12-13-14-16-19-29-25-31(37-44-29)40-26-30(42-32-24-28(2)43-38-32)27-41-34(39)36-21-18-15-17-20-33-35-22-23-45-33;/h22-25,30H,3-21,26-27H2,1-2H3,(H,36,39);1H. The van der Waals surface area contributed by atoms with Crippen LogP contribution in [0, 0.1) is 6.92 Å². The van der Waals surface area contributed by atoms with Crippen LogP contribution in [-0.4, -0.2) is 47.3 Å². The maximum Gasteiger partial charge on any atom is 0.407 e. The van der Waals surface area contributed by atoms with Gasteiger partial charge in [-0.25, -0.2) is 9.78 Å². The van der Waals surface area contributed by atoms with Gasteiger partial charge in [-0.3, -0.25) is 0 Å². The highest BCUT2D eigenvalue weighted by atomic mass is 79.9. The summed E-state index contributed by atoms with van der Waals surface area (Å²) in [4.78, 5) is 16.6. The number of carbonyl (C=O) groups is 1. The smallest absolute Gasteiger partial charge is 0.407 e. The third-order valence-corrected chi connectivity index (χ3v) is 8.43. The molecule has 0 spiro atoms. The fourth-order valence-electron chi connectivity index (χ4n) is 5.03. The van der Waals surface area contributed by atoms with Crippen molar-refractivity contribution in [1.82, 2.24) is 20.6 Å². The molecule has 46 heavy (non-hydrogen) atoms. The molecule has 0 aliphatic carbocycles. The zero-order valence-corrected chi connectivity index (χ0v) is 30.4. The number of nitrogens with one attached hydrogen (secondary N) is 1. The van der Waals surface area contributed by atoms with Crippen molar-refractivity contribution in [3.05, 3.63) is 40.2 Å². The minimum Gasteiger partial charge on any atom is -0.471 e. The molecule has 3 aromatic heterocycles. The summed E-state index contributed by atoms with van der Waals surface area (Å²) in [6.45, 7) is 4.67. The Hall–Kier alpha value is -2.60. The minimum absolute atomic E-state index is 0. The Balaban J connectivity index is 0.00000736. The third kappa shape index (κ3) is 18.5. The van der Waals surface area contributed by atoms with E-state index in [1.54, 1.807) is 24.3 Å². The number of aromatic nitrogens is 3. The summed E-state index contributed by atoms with van der Waals surface area (Å²) >= 11 is 1.67. The number of rotatable bonds is 27. The van der Waals surface area contributed by atoms with Gasteiger partial charge in [0, 0.05) is 36.7 Å². The van der Waals surface area contributed by atoms with Crippen LogP contribution in [0.1, 0.15) is 126 Å². The van der Waals surface area contributed by atoms with Crippen molar-refractivity contribution in [2.24, 2.45) is 0 Å². The van der Waals surface area contributed by atoms with E-state index in [-0.39, 0.29) is 30.2 Å². The molecule has 3 aromatic rings. The van der Waals surface area contributed by atoms with Gasteiger partial charge in [0.15, 0.2) is 6.10 Å². The Bertz CT molecular complexity index is 1140. The fraction of sp³-hybridized carbons (Fsp3) is 0.706. The molecule has 3 rings (SSSR count). The number of hydrogen-bond donors (Lipinski definition) is 1. The zero-order chi connectivity index (χ0) is 31.8. The number of hydrogen-bond acceptors (Lipinski definition) is 10. The number of halogens is 1. The van der Waals surface area contributed by atoms with Gasteiger partial charge in [-0.15, -0.1) is 28.3 Å². The first-order valence-corrected chi connectivity index (χ1v) is 18.0. The molecule has 10 nitrogen and oxygen atoms in total. The Morgan fingerprint density at radius 2 is 1.48 bits per heavy atom. The highest BCUT2D eigenvalue weighted by Gasteiger charge is 2.18. The van der Waals surface area contributed by atoms with Crippen molar-refractivity contribution in [3.63, 3.8) is 0 Å². The third-order valence-electron chi connectivity index (χ3n) is 7.60. The Morgan fingerprint density at radius 1 is 0.826 bits per heavy atom. The lowest BCUT2D eigenvalue weighted by molar-refractivity contribution is 0.0471. The van der Waals surface area contributed by atoms with Crippen molar-refractivity contribution >= 4 is 34.4 Å². The summed E-state index contributed by atoms with van der Waals surface area (Å²) < 4.78 is 27.7.